The molecule has 0 N–H and O–H groups in total. The van der Waals surface area contributed by atoms with E-state index in [1.807, 2.05) is 48.6 Å². The minimum absolute atomic E-state index is 0.0646. The van der Waals surface area contributed by atoms with Crippen LogP contribution >= 0.6 is 0 Å². The van der Waals surface area contributed by atoms with Gasteiger partial charge in [-0.15, -0.1) is 0 Å². The minimum Gasteiger partial charge on any atom is -0.268 e. The number of fused-ring (bicyclic) bond motifs is 2. The first-order valence-corrected chi connectivity index (χ1v) is 24.0. The second kappa shape index (κ2) is 17.8. The fraction of sp³-hybridized carbons (Fsp3) is 0.156. The Balaban J connectivity index is 0.836. The summed E-state index contributed by atoms with van der Waals surface area (Å²) in [7, 11) is 0. The van der Waals surface area contributed by atoms with Crippen LogP contribution in [0.3, 0.4) is 0 Å². The largest absolute Gasteiger partial charge is 0.268 e. The Morgan fingerprint density at radius 3 is 1.41 bits per heavy atom. The summed E-state index contributed by atoms with van der Waals surface area (Å²) in [6.07, 6.45) is 29.2. The van der Waals surface area contributed by atoms with Gasteiger partial charge in [0.25, 0.3) is 23.6 Å². The highest BCUT2D eigenvalue weighted by Crippen LogP contribution is 2.46. The molecule has 6 aliphatic rings. The van der Waals surface area contributed by atoms with Crippen LogP contribution in [0.15, 0.2) is 164 Å². The number of hydrogen-bond acceptors (Lipinski definition) is 4. The topological polar surface area (TPSA) is 74.8 Å². The van der Waals surface area contributed by atoms with E-state index in [1.165, 1.54) is 9.80 Å². The van der Waals surface area contributed by atoms with E-state index in [0.29, 0.717) is 44.8 Å². The Bertz CT molecular complexity index is 3540. The van der Waals surface area contributed by atoms with E-state index >= 15 is 0 Å². The molecule has 0 atom stereocenters. The van der Waals surface area contributed by atoms with Crippen molar-refractivity contribution in [2.24, 2.45) is 0 Å². The van der Waals surface area contributed by atoms with Crippen molar-refractivity contribution in [3.8, 4) is 23.7 Å². The molecule has 4 amide bonds. The molecule has 6 heteroatoms. The number of carbonyl (C=O) groups is 4. The number of carbonyl (C=O) groups excluding carboxylic acids is 4. The number of benzene rings is 5. The quantitative estimate of drug-likeness (QED) is 0.115. The molecule has 0 unspecified atom stereocenters. The highest BCUT2D eigenvalue weighted by atomic mass is 16.2. The highest BCUT2D eigenvalue weighted by Gasteiger charge is 2.42. The number of rotatable bonds is 8. The van der Waals surface area contributed by atoms with E-state index in [4.69, 9.17) is 0 Å². The van der Waals surface area contributed by atoms with Crippen LogP contribution < -0.4 is 9.80 Å². The molecule has 6 nitrogen and oxygen atoms in total. The maximum atomic E-state index is 14.4. The Hall–Kier alpha value is -8.58. The van der Waals surface area contributed by atoms with Gasteiger partial charge in [0.05, 0.1) is 33.6 Å². The van der Waals surface area contributed by atoms with E-state index < -0.39 is 0 Å². The molecule has 2 aliphatic heterocycles. The molecule has 0 aromatic heterocycles. The van der Waals surface area contributed by atoms with Crippen LogP contribution in [0.5, 0.6) is 0 Å². The molecular weight excluding hydrogens is 861 g/mol. The monoisotopic (exact) mass is 908 g/mol. The third kappa shape index (κ3) is 7.78. The third-order valence-corrected chi connectivity index (χ3v) is 13.9. The molecule has 0 spiro atoms. The van der Waals surface area contributed by atoms with Gasteiger partial charge in [-0.1, -0.05) is 136 Å². The lowest BCUT2D eigenvalue weighted by Crippen LogP contribution is -2.31. The van der Waals surface area contributed by atoms with E-state index in [-0.39, 0.29) is 41.4 Å². The van der Waals surface area contributed by atoms with Gasteiger partial charge in [0.1, 0.15) is 0 Å². The summed E-state index contributed by atoms with van der Waals surface area (Å²) in [6, 6.07) is 26.6. The molecule has 0 fully saturated rings. The number of allylic oxidation sites excluding steroid dienone is 16. The van der Waals surface area contributed by atoms with Crippen molar-refractivity contribution in [1.82, 2.24) is 0 Å². The van der Waals surface area contributed by atoms with Crippen molar-refractivity contribution in [2.45, 2.75) is 64.7 Å². The molecule has 11 rings (SSSR count). The van der Waals surface area contributed by atoms with Crippen LogP contribution in [0, 0.1) is 23.7 Å². The van der Waals surface area contributed by atoms with Crippen LogP contribution in [0.25, 0.3) is 16.7 Å². The van der Waals surface area contributed by atoms with Gasteiger partial charge in [-0.2, -0.15) is 0 Å². The molecule has 5 aromatic carbocycles. The van der Waals surface area contributed by atoms with Gasteiger partial charge in [-0.05, 0) is 143 Å². The van der Waals surface area contributed by atoms with Crippen LogP contribution in [-0.4, -0.2) is 23.6 Å². The van der Waals surface area contributed by atoms with Crippen LogP contribution in [0.1, 0.15) is 162 Å². The summed E-state index contributed by atoms with van der Waals surface area (Å²) in [5.41, 5.74) is 14.5. The maximum absolute atomic E-state index is 14.4. The van der Waals surface area contributed by atoms with Crippen molar-refractivity contribution >= 4 is 51.7 Å². The smallest absolute Gasteiger partial charge is 0.266 e. The fourth-order valence-electron chi connectivity index (χ4n) is 10.0. The zero-order valence-electron chi connectivity index (χ0n) is 39.5. The standard InChI is InChI=1S/C64H48N2O4/c1-39(2)49-35-53(45-13-5-6-14-45)59(54(36-49)46-15-7-8-16-46)65-61(67)51-31-29-43(33-57(51)63(65)69)27-25-41-21-23-42(24-22-41)26-28-44-30-32-52-58(34-44)64(70)66(62(52)68)60-55(47-17-9-10-18-47)37-50(40(3)4)38-56(60)48-19-11-12-20-48/h5-11,13-15,17,19-24,29-40,45H,12,16,18H2,1-4H3. The van der Waals surface area contributed by atoms with E-state index in [9.17, 15) is 19.2 Å². The van der Waals surface area contributed by atoms with Gasteiger partial charge in [0.15, 0.2) is 0 Å². The van der Waals surface area contributed by atoms with Crippen molar-refractivity contribution in [3.63, 3.8) is 0 Å². The van der Waals surface area contributed by atoms with Crippen LogP contribution in [-0.2, 0) is 0 Å². The van der Waals surface area contributed by atoms with Crippen LogP contribution in [0.4, 0.5) is 11.4 Å². The molecule has 2 heterocycles. The first kappa shape index (κ1) is 44.0. The third-order valence-electron chi connectivity index (χ3n) is 13.9. The Labute approximate surface area is 409 Å². The molecule has 0 saturated carbocycles. The van der Waals surface area contributed by atoms with Crippen molar-refractivity contribution in [2.75, 3.05) is 9.80 Å². The number of hydrogen-bond donors (Lipinski definition) is 0. The number of anilines is 2. The van der Waals surface area contributed by atoms with E-state index in [1.54, 1.807) is 36.4 Å². The summed E-state index contributed by atoms with van der Waals surface area (Å²) in [6.45, 7) is 8.64. The highest BCUT2D eigenvalue weighted by molar-refractivity contribution is 6.36. The van der Waals surface area contributed by atoms with Gasteiger partial charge in [0.2, 0.25) is 0 Å². The normalized spacial score (nSPS) is 16.4. The predicted octanol–water partition coefficient (Wildman–Crippen LogP) is 13.6. The van der Waals surface area contributed by atoms with Gasteiger partial charge in [-0.3, -0.25) is 19.2 Å². The molecule has 70 heavy (non-hydrogen) atoms. The number of imide groups is 2. The molecular formula is C64H48N2O4. The van der Waals surface area contributed by atoms with Gasteiger partial charge in [-0.25, -0.2) is 9.80 Å². The zero-order valence-corrected chi connectivity index (χ0v) is 39.5. The van der Waals surface area contributed by atoms with Crippen molar-refractivity contribution < 1.29 is 19.2 Å². The lowest BCUT2D eigenvalue weighted by molar-refractivity contribution is 0.0910. The first-order valence-electron chi connectivity index (χ1n) is 24.0. The molecule has 4 aliphatic carbocycles. The fourth-order valence-corrected chi connectivity index (χ4v) is 10.0. The van der Waals surface area contributed by atoms with E-state index in [2.05, 4.69) is 130 Å². The molecule has 0 radical (unpaired) electrons. The van der Waals surface area contributed by atoms with E-state index in [0.717, 1.165) is 80.5 Å². The summed E-state index contributed by atoms with van der Waals surface area (Å²) in [5.74, 6) is 11.9. The number of amides is 4. The number of nitrogens with zero attached hydrogens (tertiary/aromatic N) is 2. The van der Waals surface area contributed by atoms with Crippen molar-refractivity contribution in [3.05, 3.63) is 242 Å². The summed E-state index contributed by atoms with van der Waals surface area (Å²) in [5, 5.41) is 0. The second-order valence-electron chi connectivity index (χ2n) is 19.0. The lowest BCUT2D eigenvalue weighted by Gasteiger charge is -2.26. The molecule has 338 valence electrons. The first-order chi connectivity index (χ1) is 34.0. The van der Waals surface area contributed by atoms with Gasteiger partial charge >= 0.3 is 0 Å². The Morgan fingerprint density at radius 1 is 0.471 bits per heavy atom. The average Bonchev–Trinajstić information content (AvgIpc) is 4.25. The minimum atomic E-state index is -0.360. The predicted molar refractivity (Wildman–Crippen MR) is 281 cm³/mol. The lowest BCUT2D eigenvalue weighted by atomic mass is 9.87. The Morgan fingerprint density at radius 2 is 0.929 bits per heavy atom. The van der Waals surface area contributed by atoms with Crippen molar-refractivity contribution in [1.29, 1.82) is 0 Å². The maximum Gasteiger partial charge on any atom is 0.266 e. The summed E-state index contributed by atoms with van der Waals surface area (Å²) < 4.78 is 0. The summed E-state index contributed by atoms with van der Waals surface area (Å²) in [4.78, 5) is 60.1. The molecule has 0 bridgehead atoms. The van der Waals surface area contributed by atoms with Crippen LogP contribution in [0.2, 0.25) is 0 Å². The zero-order chi connectivity index (χ0) is 48.2. The summed E-state index contributed by atoms with van der Waals surface area (Å²) >= 11 is 0. The molecule has 5 aromatic rings. The second-order valence-corrected chi connectivity index (χ2v) is 19.0. The average molecular weight is 909 g/mol. The van der Waals surface area contributed by atoms with Gasteiger partial charge < -0.3 is 0 Å². The van der Waals surface area contributed by atoms with Gasteiger partial charge in [0, 0.05) is 44.9 Å². The Kier molecular flexibility index (Phi) is 11.2. The SMILES string of the molecule is CC(C)c1cc(C2=CCC=C2)c(N2C(=O)c3ccc(C#Cc4ccc(C#Cc5ccc6c(c5)C(=O)N(c5c(C7=CC=CC7)cc(C(C)C)cc5C5C=CC=C5)C6=O)cc4)cc3C2=O)c(C2=CC=CC2)c1. The molecule has 0 saturated heterocycles.